The molecule has 3 aromatic rings. The average molecular weight is 373 g/mol. The molecule has 2 heterocycles. The summed E-state index contributed by atoms with van der Waals surface area (Å²) in [5, 5.41) is 10.2. The van der Waals surface area contributed by atoms with E-state index in [1.165, 1.54) is 5.56 Å². The van der Waals surface area contributed by atoms with Crippen molar-refractivity contribution in [2.24, 2.45) is 0 Å². The smallest absolute Gasteiger partial charge is 0.191 e. The molecule has 1 aliphatic rings. The Hall–Kier alpha value is -2.05. The van der Waals surface area contributed by atoms with E-state index < -0.39 is 0 Å². The van der Waals surface area contributed by atoms with Gasteiger partial charge in [-0.2, -0.15) is 0 Å². The molecule has 128 valence electrons. The molecule has 1 saturated carbocycles. The summed E-state index contributed by atoms with van der Waals surface area (Å²) in [6.07, 6.45) is 5.99. The lowest BCUT2D eigenvalue weighted by Crippen LogP contribution is -2.07. The Morgan fingerprint density at radius 1 is 1.16 bits per heavy atom. The lowest BCUT2D eigenvalue weighted by atomic mass is 10.3. The summed E-state index contributed by atoms with van der Waals surface area (Å²) in [7, 11) is 0. The van der Waals surface area contributed by atoms with Gasteiger partial charge in [0.2, 0.25) is 0 Å². The quantitative estimate of drug-likeness (QED) is 0.570. The van der Waals surface area contributed by atoms with Gasteiger partial charge < -0.3 is 4.74 Å². The van der Waals surface area contributed by atoms with Crippen LogP contribution in [0.5, 0.6) is 5.75 Å². The number of aromatic nitrogens is 4. The molecular weight excluding hydrogens is 356 g/mol. The molecule has 0 saturated heterocycles. The molecule has 0 amide bonds. The molecule has 4 rings (SSSR count). The zero-order valence-corrected chi connectivity index (χ0v) is 15.1. The fourth-order valence-corrected chi connectivity index (χ4v) is 3.69. The first-order valence-corrected chi connectivity index (χ1v) is 9.50. The zero-order chi connectivity index (χ0) is 17.1. The first kappa shape index (κ1) is 16.4. The van der Waals surface area contributed by atoms with Crippen LogP contribution in [0.25, 0.3) is 0 Å². The van der Waals surface area contributed by atoms with E-state index in [9.17, 15) is 0 Å². The van der Waals surface area contributed by atoms with Crippen LogP contribution in [0, 0.1) is 0 Å². The van der Waals surface area contributed by atoms with Crippen molar-refractivity contribution in [1.82, 2.24) is 19.7 Å². The van der Waals surface area contributed by atoms with Crippen LogP contribution in [0.1, 0.15) is 30.3 Å². The molecule has 0 aliphatic heterocycles. The van der Waals surface area contributed by atoms with Crippen LogP contribution < -0.4 is 4.74 Å². The number of benzene rings is 1. The second-order valence-electron chi connectivity index (χ2n) is 5.87. The van der Waals surface area contributed by atoms with Crippen LogP contribution in [0.4, 0.5) is 0 Å². The maximum absolute atomic E-state index is 6.15. The van der Waals surface area contributed by atoms with E-state index in [-0.39, 0.29) is 0 Å². The summed E-state index contributed by atoms with van der Waals surface area (Å²) in [6.45, 7) is 0.362. The molecule has 0 spiro atoms. The lowest BCUT2D eigenvalue weighted by Gasteiger charge is -2.10. The summed E-state index contributed by atoms with van der Waals surface area (Å²) < 4.78 is 8.05. The topological polar surface area (TPSA) is 52.8 Å². The van der Waals surface area contributed by atoms with Crippen molar-refractivity contribution in [1.29, 1.82) is 0 Å². The highest BCUT2D eigenvalue weighted by molar-refractivity contribution is 7.98. The average Bonchev–Trinajstić information content (AvgIpc) is 3.40. The van der Waals surface area contributed by atoms with Crippen LogP contribution in [-0.4, -0.2) is 19.7 Å². The van der Waals surface area contributed by atoms with Crippen LogP contribution in [-0.2, 0) is 12.4 Å². The largest absolute Gasteiger partial charge is 0.484 e. The highest BCUT2D eigenvalue weighted by Crippen LogP contribution is 2.39. The maximum Gasteiger partial charge on any atom is 0.191 e. The molecule has 0 unspecified atom stereocenters. The van der Waals surface area contributed by atoms with Gasteiger partial charge in [-0.15, -0.1) is 10.2 Å². The van der Waals surface area contributed by atoms with Crippen LogP contribution >= 0.6 is 23.4 Å². The highest BCUT2D eigenvalue weighted by Gasteiger charge is 2.29. The van der Waals surface area contributed by atoms with Crippen molar-refractivity contribution in [3.63, 3.8) is 0 Å². The van der Waals surface area contributed by atoms with E-state index in [2.05, 4.69) is 25.8 Å². The minimum absolute atomic E-state index is 0.362. The maximum atomic E-state index is 6.15. The van der Waals surface area contributed by atoms with Crippen LogP contribution in [0.2, 0.25) is 5.02 Å². The Bertz CT molecular complexity index is 851. The molecule has 25 heavy (non-hydrogen) atoms. The number of thioether (sulfide) groups is 1. The summed E-state index contributed by atoms with van der Waals surface area (Å²) in [5.74, 6) is 2.33. The van der Waals surface area contributed by atoms with Crippen molar-refractivity contribution in [2.45, 2.75) is 36.4 Å². The molecule has 0 N–H and O–H groups in total. The summed E-state index contributed by atoms with van der Waals surface area (Å²) >= 11 is 7.83. The second-order valence-corrected chi connectivity index (χ2v) is 7.22. The number of ether oxygens (including phenoxy) is 1. The number of halogens is 1. The standard InChI is InChI=1S/C18H17ClN4OS/c19-15-5-1-2-6-16(15)24-11-17-21-22-18(23(17)14-7-8-14)25-12-13-4-3-9-20-10-13/h1-6,9-10,14H,7-8,11-12H2. The van der Waals surface area contributed by atoms with E-state index in [1.54, 1.807) is 18.0 Å². The number of para-hydroxylation sites is 1. The van der Waals surface area contributed by atoms with Crippen LogP contribution in [0.15, 0.2) is 53.9 Å². The van der Waals surface area contributed by atoms with Gasteiger partial charge in [0.25, 0.3) is 0 Å². The molecule has 1 aromatic carbocycles. The first-order valence-electron chi connectivity index (χ1n) is 8.14. The van der Waals surface area contributed by atoms with Crippen molar-refractivity contribution in [3.05, 3.63) is 65.2 Å². The molecule has 1 fully saturated rings. The Morgan fingerprint density at radius 2 is 2.04 bits per heavy atom. The highest BCUT2D eigenvalue weighted by atomic mass is 35.5. The van der Waals surface area contributed by atoms with Gasteiger partial charge >= 0.3 is 0 Å². The number of nitrogens with zero attached hydrogens (tertiary/aromatic N) is 4. The molecule has 7 heteroatoms. The predicted molar refractivity (Wildman–Crippen MR) is 97.9 cm³/mol. The van der Waals surface area contributed by atoms with Gasteiger partial charge in [0.1, 0.15) is 12.4 Å². The third-order valence-corrected chi connectivity index (χ3v) is 5.26. The SMILES string of the molecule is Clc1ccccc1OCc1nnc(SCc2cccnc2)n1C1CC1. The summed E-state index contributed by atoms with van der Waals surface area (Å²) in [6, 6.07) is 12.0. The molecule has 0 bridgehead atoms. The minimum atomic E-state index is 0.362. The van der Waals surface area contributed by atoms with E-state index >= 15 is 0 Å². The second kappa shape index (κ2) is 7.45. The van der Waals surface area contributed by atoms with E-state index in [1.807, 2.05) is 36.5 Å². The van der Waals surface area contributed by atoms with Crippen molar-refractivity contribution < 1.29 is 4.74 Å². The number of hydrogen-bond donors (Lipinski definition) is 0. The van der Waals surface area contributed by atoms with Gasteiger partial charge in [-0.3, -0.25) is 9.55 Å². The van der Waals surface area contributed by atoms with E-state index in [0.717, 1.165) is 29.6 Å². The number of pyridine rings is 1. The summed E-state index contributed by atoms with van der Waals surface area (Å²) in [5.41, 5.74) is 1.17. The first-order chi connectivity index (χ1) is 12.3. The summed E-state index contributed by atoms with van der Waals surface area (Å²) in [4.78, 5) is 4.15. The Labute approximate surface area is 155 Å². The van der Waals surface area contributed by atoms with Gasteiger partial charge in [0.15, 0.2) is 11.0 Å². The van der Waals surface area contributed by atoms with Gasteiger partial charge in [-0.25, -0.2) is 0 Å². The van der Waals surface area contributed by atoms with Crippen molar-refractivity contribution >= 4 is 23.4 Å². The molecule has 0 atom stereocenters. The molecule has 5 nitrogen and oxygen atoms in total. The van der Waals surface area contributed by atoms with Gasteiger partial charge in [-0.1, -0.05) is 41.6 Å². The number of hydrogen-bond acceptors (Lipinski definition) is 5. The van der Waals surface area contributed by atoms with E-state index in [0.29, 0.717) is 23.4 Å². The fourth-order valence-electron chi connectivity index (χ4n) is 2.54. The molecule has 1 aliphatic carbocycles. The van der Waals surface area contributed by atoms with Crippen molar-refractivity contribution in [3.8, 4) is 5.75 Å². The Kier molecular flexibility index (Phi) is 4.90. The van der Waals surface area contributed by atoms with Gasteiger partial charge in [0.05, 0.1) is 5.02 Å². The normalized spacial score (nSPS) is 13.8. The van der Waals surface area contributed by atoms with Gasteiger partial charge in [0, 0.05) is 24.2 Å². The minimum Gasteiger partial charge on any atom is -0.484 e. The van der Waals surface area contributed by atoms with Crippen molar-refractivity contribution in [2.75, 3.05) is 0 Å². The van der Waals surface area contributed by atoms with Crippen LogP contribution in [0.3, 0.4) is 0 Å². The predicted octanol–water partition coefficient (Wildman–Crippen LogP) is 4.53. The third kappa shape index (κ3) is 3.96. The zero-order valence-electron chi connectivity index (χ0n) is 13.5. The molecule has 0 radical (unpaired) electrons. The number of rotatable bonds is 7. The molecule has 2 aromatic heterocycles. The Morgan fingerprint density at radius 3 is 2.80 bits per heavy atom. The lowest BCUT2D eigenvalue weighted by molar-refractivity contribution is 0.288. The Balaban J connectivity index is 1.47. The fraction of sp³-hybridized carbons (Fsp3) is 0.278. The van der Waals surface area contributed by atoms with Gasteiger partial charge in [-0.05, 0) is 36.6 Å². The monoisotopic (exact) mass is 372 g/mol. The van der Waals surface area contributed by atoms with E-state index in [4.69, 9.17) is 16.3 Å². The molecular formula is C18H17ClN4OS. The third-order valence-electron chi connectivity index (χ3n) is 3.93.